The second kappa shape index (κ2) is 4.56. The molecule has 2 aromatic carbocycles. The molecule has 1 N–H and O–H groups in total. The van der Waals surface area contributed by atoms with Crippen molar-refractivity contribution in [2.45, 2.75) is 0 Å². The number of nitrogens with one attached hydrogen (secondary N) is 1. The quantitative estimate of drug-likeness (QED) is 0.610. The van der Waals surface area contributed by atoms with Gasteiger partial charge in [0.05, 0.1) is 41.7 Å². The Labute approximate surface area is 120 Å². The first-order valence-electron chi connectivity index (χ1n) is 6.58. The van der Waals surface area contributed by atoms with Crippen LogP contribution >= 0.6 is 0 Å². The van der Waals surface area contributed by atoms with Crippen molar-refractivity contribution in [2.24, 2.45) is 0 Å². The van der Waals surface area contributed by atoms with E-state index in [9.17, 15) is 0 Å². The van der Waals surface area contributed by atoms with Gasteiger partial charge in [0, 0.05) is 10.9 Å². The van der Waals surface area contributed by atoms with Crippen LogP contribution in [0.1, 0.15) is 0 Å². The predicted molar refractivity (Wildman–Crippen MR) is 81.2 cm³/mol. The lowest BCUT2D eigenvalue weighted by atomic mass is 10.1. The molecule has 0 bridgehead atoms. The Morgan fingerprint density at radius 1 is 1.00 bits per heavy atom. The Kier molecular flexibility index (Phi) is 2.57. The minimum absolute atomic E-state index is 0.826. The fourth-order valence-electron chi connectivity index (χ4n) is 2.35. The molecule has 0 aliphatic heterocycles. The van der Waals surface area contributed by atoms with Gasteiger partial charge in [-0.1, -0.05) is 0 Å². The molecule has 21 heavy (non-hydrogen) atoms. The van der Waals surface area contributed by atoms with Crippen LogP contribution in [0.2, 0.25) is 0 Å². The normalized spacial score (nSPS) is 11.1. The molecule has 2 heterocycles. The molecule has 0 saturated heterocycles. The molecule has 0 saturated carbocycles. The molecule has 0 atom stereocenters. The molecule has 0 unspecified atom stereocenters. The molecule has 4 rings (SSSR count). The summed E-state index contributed by atoms with van der Waals surface area (Å²) in [5, 5.41) is 8.00. The SMILES string of the molecule is COc1ccc(-c2cnc3cc4[nH]ncc4cc3n2)cc1. The van der Waals surface area contributed by atoms with E-state index in [-0.39, 0.29) is 0 Å². The summed E-state index contributed by atoms with van der Waals surface area (Å²) in [6.07, 6.45) is 3.57. The van der Waals surface area contributed by atoms with Gasteiger partial charge in [-0.05, 0) is 36.4 Å². The number of methoxy groups -OCH3 is 1. The number of ether oxygens (including phenoxy) is 1. The van der Waals surface area contributed by atoms with Crippen molar-refractivity contribution in [3.8, 4) is 17.0 Å². The third kappa shape index (κ3) is 1.99. The monoisotopic (exact) mass is 276 g/mol. The zero-order valence-corrected chi connectivity index (χ0v) is 11.4. The van der Waals surface area contributed by atoms with Gasteiger partial charge in [0.2, 0.25) is 0 Å². The number of aromatic amines is 1. The average molecular weight is 276 g/mol. The predicted octanol–water partition coefficient (Wildman–Crippen LogP) is 3.18. The van der Waals surface area contributed by atoms with Crippen LogP contribution in [0, 0.1) is 0 Å². The van der Waals surface area contributed by atoms with E-state index in [0.717, 1.165) is 38.9 Å². The Morgan fingerprint density at radius 3 is 2.67 bits per heavy atom. The third-order valence-electron chi connectivity index (χ3n) is 3.49. The van der Waals surface area contributed by atoms with Crippen molar-refractivity contribution in [3.05, 3.63) is 48.8 Å². The van der Waals surface area contributed by atoms with Gasteiger partial charge in [0.15, 0.2) is 0 Å². The first-order valence-corrected chi connectivity index (χ1v) is 6.58. The molecule has 0 fully saturated rings. The molecule has 0 aliphatic rings. The second-order valence-electron chi connectivity index (χ2n) is 4.78. The Bertz CT molecular complexity index is 928. The van der Waals surface area contributed by atoms with Crippen LogP contribution < -0.4 is 4.74 Å². The fraction of sp³-hybridized carbons (Fsp3) is 0.0625. The van der Waals surface area contributed by atoms with E-state index < -0.39 is 0 Å². The molecular weight excluding hydrogens is 264 g/mol. The van der Waals surface area contributed by atoms with Crippen LogP contribution in [0.15, 0.2) is 48.8 Å². The molecule has 0 radical (unpaired) electrons. The molecule has 0 spiro atoms. The summed E-state index contributed by atoms with van der Waals surface area (Å²) in [4.78, 5) is 9.17. The molecule has 0 aliphatic carbocycles. The molecule has 5 nitrogen and oxygen atoms in total. The number of hydrogen-bond acceptors (Lipinski definition) is 4. The maximum atomic E-state index is 5.17. The third-order valence-corrected chi connectivity index (χ3v) is 3.49. The summed E-state index contributed by atoms with van der Waals surface area (Å²) in [6.45, 7) is 0. The largest absolute Gasteiger partial charge is 0.497 e. The van der Waals surface area contributed by atoms with Crippen LogP contribution in [0.5, 0.6) is 5.75 Å². The van der Waals surface area contributed by atoms with E-state index in [0.29, 0.717) is 0 Å². The first kappa shape index (κ1) is 11.8. The lowest BCUT2D eigenvalue weighted by Crippen LogP contribution is -1.89. The van der Waals surface area contributed by atoms with Crippen LogP contribution in [0.4, 0.5) is 0 Å². The van der Waals surface area contributed by atoms with E-state index in [4.69, 9.17) is 4.74 Å². The fourth-order valence-corrected chi connectivity index (χ4v) is 2.35. The van der Waals surface area contributed by atoms with Crippen molar-refractivity contribution in [3.63, 3.8) is 0 Å². The molecule has 5 heteroatoms. The summed E-state index contributed by atoms with van der Waals surface area (Å²) >= 11 is 0. The summed E-state index contributed by atoms with van der Waals surface area (Å²) in [5.74, 6) is 0.826. The highest BCUT2D eigenvalue weighted by Crippen LogP contribution is 2.23. The second-order valence-corrected chi connectivity index (χ2v) is 4.78. The van der Waals surface area contributed by atoms with E-state index in [1.165, 1.54) is 0 Å². The highest BCUT2D eigenvalue weighted by atomic mass is 16.5. The number of hydrogen-bond donors (Lipinski definition) is 1. The van der Waals surface area contributed by atoms with Crippen LogP contribution in [-0.2, 0) is 0 Å². The lowest BCUT2D eigenvalue weighted by molar-refractivity contribution is 0.415. The summed E-state index contributed by atoms with van der Waals surface area (Å²) < 4.78 is 5.17. The minimum atomic E-state index is 0.826. The van der Waals surface area contributed by atoms with Gasteiger partial charge in [-0.3, -0.25) is 10.1 Å². The zero-order chi connectivity index (χ0) is 14.2. The smallest absolute Gasteiger partial charge is 0.118 e. The van der Waals surface area contributed by atoms with Crippen molar-refractivity contribution in [2.75, 3.05) is 7.11 Å². The molecule has 4 aromatic rings. The van der Waals surface area contributed by atoms with E-state index in [2.05, 4.69) is 20.2 Å². The van der Waals surface area contributed by atoms with Crippen molar-refractivity contribution in [1.82, 2.24) is 20.2 Å². The van der Waals surface area contributed by atoms with Crippen LogP contribution in [0.25, 0.3) is 33.2 Å². The number of H-pyrrole nitrogens is 1. The Balaban J connectivity index is 1.86. The Hall–Kier alpha value is -2.95. The molecule has 2 aromatic heterocycles. The van der Waals surface area contributed by atoms with Crippen LogP contribution in [-0.4, -0.2) is 27.3 Å². The Morgan fingerprint density at radius 2 is 1.86 bits per heavy atom. The molecule has 102 valence electrons. The van der Waals surface area contributed by atoms with E-state index in [1.54, 1.807) is 19.5 Å². The number of fused-ring (bicyclic) bond motifs is 2. The number of rotatable bonds is 2. The van der Waals surface area contributed by atoms with Crippen molar-refractivity contribution in [1.29, 1.82) is 0 Å². The molecular formula is C16H12N4O. The topological polar surface area (TPSA) is 63.7 Å². The van der Waals surface area contributed by atoms with E-state index in [1.807, 2.05) is 36.4 Å². The van der Waals surface area contributed by atoms with Gasteiger partial charge in [-0.15, -0.1) is 0 Å². The number of nitrogens with zero attached hydrogens (tertiary/aromatic N) is 3. The van der Waals surface area contributed by atoms with E-state index >= 15 is 0 Å². The van der Waals surface area contributed by atoms with Gasteiger partial charge < -0.3 is 4.74 Å². The van der Waals surface area contributed by atoms with Gasteiger partial charge in [0.1, 0.15) is 5.75 Å². The lowest BCUT2D eigenvalue weighted by Gasteiger charge is -2.04. The highest BCUT2D eigenvalue weighted by Gasteiger charge is 2.05. The van der Waals surface area contributed by atoms with Crippen molar-refractivity contribution >= 4 is 21.9 Å². The highest BCUT2D eigenvalue weighted by molar-refractivity contribution is 5.92. The standard InChI is InChI=1S/C16H12N4O/c1-21-12-4-2-10(3-5-12)16-9-17-14-7-13-11(8-18-20-13)6-15(14)19-16/h2-9H,1H3,(H,18,20). The average Bonchev–Trinajstić information content (AvgIpc) is 2.99. The minimum Gasteiger partial charge on any atom is -0.497 e. The number of benzene rings is 2. The number of aromatic nitrogens is 4. The summed E-state index contributed by atoms with van der Waals surface area (Å²) in [5.41, 5.74) is 4.53. The summed E-state index contributed by atoms with van der Waals surface area (Å²) in [6, 6.07) is 11.7. The first-order chi connectivity index (χ1) is 10.3. The van der Waals surface area contributed by atoms with Gasteiger partial charge in [0.25, 0.3) is 0 Å². The maximum absolute atomic E-state index is 5.17. The summed E-state index contributed by atoms with van der Waals surface area (Å²) in [7, 11) is 1.65. The molecule has 0 amide bonds. The maximum Gasteiger partial charge on any atom is 0.118 e. The van der Waals surface area contributed by atoms with Crippen LogP contribution in [0.3, 0.4) is 0 Å². The van der Waals surface area contributed by atoms with Gasteiger partial charge in [-0.2, -0.15) is 5.10 Å². The van der Waals surface area contributed by atoms with Gasteiger partial charge in [-0.25, -0.2) is 4.98 Å². The van der Waals surface area contributed by atoms with Crippen molar-refractivity contribution < 1.29 is 4.74 Å². The van der Waals surface area contributed by atoms with Gasteiger partial charge >= 0.3 is 0 Å². The zero-order valence-electron chi connectivity index (χ0n) is 11.4.